The predicted molar refractivity (Wildman–Crippen MR) is 62.0 cm³/mol. The van der Waals surface area contributed by atoms with E-state index >= 15 is 0 Å². The Balaban J connectivity index is 3.14. The monoisotopic (exact) mass is 289 g/mol. The van der Waals surface area contributed by atoms with E-state index in [1.165, 1.54) is 12.2 Å². The van der Waals surface area contributed by atoms with Crippen LogP contribution in [0, 0.1) is 10.1 Å². The predicted octanol–water partition coefficient (Wildman–Crippen LogP) is 2.50. The summed E-state index contributed by atoms with van der Waals surface area (Å²) in [4.78, 5) is 21.6. The van der Waals surface area contributed by atoms with Gasteiger partial charge >= 0.3 is 5.97 Å². The molecule has 0 aromatic heterocycles. The minimum atomic E-state index is -1.31. The van der Waals surface area contributed by atoms with Gasteiger partial charge in [0.05, 0.1) is 10.9 Å². The van der Waals surface area contributed by atoms with E-state index in [2.05, 4.69) is 15.9 Å². The van der Waals surface area contributed by atoms with Crippen LogP contribution in [0.2, 0.25) is 0 Å². The zero-order chi connectivity index (χ0) is 12.3. The molecule has 1 unspecified atom stereocenters. The van der Waals surface area contributed by atoms with E-state index in [9.17, 15) is 14.9 Å². The smallest absolute Gasteiger partial charge is 0.331 e. The molecule has 0 fully saturated rings. The van der Waals surface area contributed by atoms with Crippen LogP contribution in [0.15, 0.2) is 22.2 Å². The molecule has 16 heavy (non-hydrogen) atoms. The van der Waals surface area contributed by atoms with Crippen molar-refractivity contribution in [1.82, 2.24) is 0 Å². The molecule has 1 N–H and O–H groups in total. The van der Waals surface area contributed by atoms with E-state index in [0.717, 1.165) is 0 Å². The highest BCUT2D eigenvalue weighted by Crippen LogP contribution is 2.39. The average molecular weight is 290 g/mol. The lowest BCUT2D eigenvalue weighted by Gasteiger charge is -2.27. The molecule has 0 bridgehead atoms. The number of carboxylic acid groups (broad SMARTS) is 1. The van der Waals surface area contributed by atoms with Gasteiger partial charge in [-0.15, -0.1) is 0 Å². The Morgan fingerprint density at radius 3 is 2.75 bits per heavy atom. The molecule has 1 aliphatic rings. The number of rotatable bonds is 4. The van der Waals surface area contributed by atoms with Gasteiger partial charge in [0, 0.05) is 16.9 Å². The summed E-state index contributed by atoms with van der Waals surface area (Å²) in [5.74, 6) is -1.10. The molecule has 0 aromatic carbocycles. The summed E-state index contributed by atoms with van der Waals surface area (Å²) in [6.45, 7) is 1.84. The molecular weight excluding hydrogens is 278 g/mol. The molecule has 0 heterocycles. The highest BCUT2D eigenvalue weighted by Gasteiger charge is 2.47. The average Bonchev–Trinajstić information content (AvgIpc) is 2.20. The van der Waals surface area contributed by atoms with Crippen LogP contribution in [0.1, 0.15) is 26.2 Å². The molecule has 1 aliphatic carbocycles. The molecule has 0 spiro atoms. The lowest BCUT2D eigenvalue weighted by atomic mass is 9.83. The summed E-state index contributed by atoms with van der Waals surface area (Å²) >= 11 is 3.17. The third kappa shape index (κ3) is 2.16. The highest BCUT2D eigenvalue weighted by molar-refractivity contribution is 9.11. The van der Waals surface area contributed by atoms with Gasteiger partial charge in [0.2, 0.25) is 0 Å². The van der Waals surface area contributed by atoms with Crippen molar-refractivity contribution in [1.29, 1.82) is 0 Å². The number of hydrogen-bond donors (Lipinski definition) is 1. The molecular formula is C10H12BrNO4. The van der Waals surface area contributed by atoms with Crippen LogP contribution < -0.4 is 0 Å². The largest absolute Gasteiger partial charge is 0.478 e. The fourth-order valence-electron chi connectivity index (χ4n) is 1.80. The van der Waals surface area contributed by atoms with Crippen molar-refractivity contribution in [2.75, 3.05) is 0 Å². The first-order valence-electron chi connectivity index (χ1n) is 4.88. The second-order valence-electron chi connectivity index (χ2n) is 3.73. The maximum absolute atomic E-state index is 11.2. The Labute approximate surface area is 101 Å². The lowest BCUT2D eigenvalue weighted by Crippen LogP contribution is -2.41. The summed E-state index contributed by atoms with van der Waals surface area (Å²) in [5.41, 5.74) is -1.23. The van der Waals surface area contributed by atoms with E-state index in [0.29, 0.717) is 17.3 Å². The third-order valence-electron chi connectivity index (χ3n) is 2.65. The first-order valence-corrected chi connectivity index (χ1v) is 5.68. The Kier molecular flexibility index (Phi) is 3.85. The molecule has 88 valence electrons. The van der Waals surface area contributed by atoms with Crippen molar-refractivity contribution in [3.63, 3.8) is 0 Å². The number of hydrogen-bond acceptors (Lipinski definition) is 3. The summed E-state index contributed by atoms with van der Waals surface area (Å²) in [6, 6.07) is 0. The first kappa shape index (κ1) is 12.9. The van der Waals surface area contributed by atoms with Crippen LogP contribution >= 0.6 is 15.9 Å². The molecule has 6 heteroatoms. The number of carbonyl (C=O) groups is 1. The molecule has 0 saturated carbocycles. The van der Waals surface area contributed by atoms with E-state index in [1.54, 1.807) is 0 Å². The van der Waals surface area contributed by atoms with Gasteiger partial charge in [-0.3, -0.25) is 10.1 Å². The van der Waals surface area contributed by atoms with Crippen LogP contribution in [0.3, 0.4) is 0 Å². The van der Waals surface area contributed by atoms with Crippen LogP contribution in [-0.2, 0) is 4.79 Å². The van der Waals surface area contributed by atoms with E-state index in [1.807, 2.05) is 6.92 Å². The molecule has 0 radical (unpaired) electrons. The Hall–Kier alpha value is -1.17. The van der Waals surface area contributed by atoms with E-state index in [-0.39, 0.29) is 12.0 Å². The second kappa shape index (κ2) is 4.78. The van der Waals surface area contributed by atoms with Crippen molar-refractivity contribution >= 4 is 21.9 Å². The van der Waals surface area contributed by atoms with E-state index in [4.69, 9.17) is 5.11 Å². The molecule has 0 amide bonds. The first-order chi connectivity index (χ1) is 7.44. The Morgan fingerprint density at radius 1 is 1.69 bits per heavy atom. The Bertz CT molecular complexity index is 388. The van der Waals surface area contributed by atoms with Gasteiger partial charge in [-0.25, -0.2) is 4.79 Å². The summed E-state index contributed by atoms with van der Waals surface area (Å²) in [5, 5.41) is 20.0. The minimum absolute atomic E-state index is 0.0692. The van der Waals surface area contributed by atoms with Crippen molar-refractivity contribution < 1.29 is 14.8 Å². The van der Waals surface area contributed by atoms with Gasteiger partial charge in [0.15, 0.2) is 0 Å². The van der Waals surface area contributed by atoms with Crippen LogP contribution in [0.5, 0.6) is 0 Å². The molecule has 0 aromatic rings. The number of nitrogens with zero attached hydrogens (tertiary/aromatic N) is 1. The van der Waals surface area contributed by atoms with Crippen LogP contribution in [0.4, 0.5) is 0 Å². The van der Waals surface area contributed by atoms with Crippen LogP contribution in [-0.4, -0.2) is 21.5 Å². The minimum Gasteiger partial charge on any atom is -0.478 e. The molecule has 0 aliphatic heterocycles. The van der Waals surface area contributed by atoms with E-state index < -0.39 is 16.4 Å². The zero-order valence-corrected chi connectivity index (χ0v) is 10.4. The molecule has 1 atom stereocenters. The topological polar surface area (TPSA) is 80.4 Å². The number of nitro groups is 1. The fraction of sp³-hybridized carbons (Fsp3) is 0.500. The number of allylic oxidation sites excluding steroid dienone is 2. The van der Waals surface area contributed by atoms with Crippen molar-refractivity contribution in [2.45, 2.75) is 31.7 Å². The number of aliphatic carboxylic acids is 1. The van der Waals surface area contributed by atoms with Gasteiger partial charge in [-0.1, -0.05) is 13.0 Å². The van der Waals surface area contributed by atoms with Gasteiger partial charge in [-0.2, -0.15) is 0 Å². The van der Waals surface area contributed by atoms with Crippen molar-refractivity contribution in [2.24, 2.45) is 0 Å². The number of halogens is 1. The zero-order valence-electron chi connectivity index (χ0n) is 8.77. The van der Waals surface area contributed by atoms with Crippen molar-refractivity contribution in [3.8, 4) is 0 Å². The fourth-order valence-corrected chi connectivity index (χ4v) is 2.41. The highest BCUT2D eigenvalue weighted by atomic mass is 79.9. The molecule has 5 nitrogen and oxygen atoms in total. The second-order valence-corrected chi connectivity index (χ2v) is 4.58. The standard InChI is InChI=1S/C10H12BrNO4/c1-2-5-10(12(15)16)6-7(9(13)14)3-4-8(10)11/h3-4H,2,5-6H2,1H3,(H,13,14). The number of carboxylic acids is 1. The summed E-state index contributed by atoms with van der Waals surface area (Å²) < 4.78 is 0.442. The van der Waals surface area contributed by atoms with Crippen molar-refractivity contribution in [3.05, 3.63) is 32.3 Å². The quantitative estimate of drug-likeness (QED) is 0.637. The van der Waals surface area contributed by atoms with Gasteiger partial charge in [-0.05, 0) is 28.4 Å². The van der Waals surface area contributed by atoms with Gasteiger partial charge < -0.3 is 5.11 Å². The van der Waals surface area contributed by atoms with Gasteiger partial charge in [0.25, 0.3) is 5.54 Å². The normalized spacial score (nSPS) is 24.6. The summed E-state index contributed by atoms with van der Waals surface area (Å²) in [7, 11) is 0. The summed E-state index contributed by atoms with van der Waals surface area (Å²) in [6.07, 6.45) is 3.74. The Morgan fingerprint density at radius 2 is 2.31 bits per heavy atom. The molecule has 0 saturated heterocycles. The lowest BCUT2D eigenvalue weighted by molar-refractivity contribution is -0.557. The SMILES string of the molecule is CCCC1([N+](=O)[O-])CC(C(=O)O)=CC=C1Br. The third-order valence-corrected chi connectivity index (χ3v) is 3.65. The maximum atomic E-state index is 11.2. The maximum Gasteiger partial charge on any atom is 0.331 e. The van der Waals surface area contributed by atoms with Gasteiger partial charge in [0.1, 0.15) is 0 Å². The van der Waals surface area contributed by atoms with Crippen LogP contribution in [0.25, 0.3) is 0 Å². The molecule has 1 rings (SSSR count).